The summed E-state index contributed by atoms with van der Waals surface area (Å²) in [5.74, 6) is -0.883. The predicted molar refractivity (Wildman–Crippen MR) is 76.0 cm³/mol. The summed E-state index contributed by atoms with van der Waals surface area (Å²) in [5.41, 5.74) is 0.835. The average Bonchev–Trinajstić information content (AvgIpc) is 2.76. The fraction of sp³-hybridized carbons (Fsp3) is 0.154. The van der Waals surface area contributed by atoms with Gasteiger partial charge in [-0.2, -0.15) is 0 Å². The van der Waals surface area contributed by atoms with Gasteiger partial charge >= 0.3 is 0 Å². The van der Waals surface area contributed by atoms with Crippen LogP contribution in [0.3, 0.4) is 0 Å². The first-order chi connectivity index (χ1) is 9.04. The van der Waals surface area contributed by atoms with Crippen LogP contribution < -0.4 is 5.32 Å². The number of aromatic nitrogens is 1. The lowest BCUT2D eigenvalue weighted by Gasteiger charge is -2.27. The van der Waals surface area contributed by atoms with Gasteiger partial charge in [0.05, 0.1) is 0 Å². The van der Waals surface area contributed by atoms with E-state index < -0.39 is 11.8 Å². The number of aryl methyl sites for hydroxylation is 1. The van der Waals surface area contributed by atoms with E-state index in [1.54, 1.807) is 12.2 Å². The second kappa shape index (κ2) is 5.19. The number of rotatable bonds is 3. The Balaban J connectivity index is 2.39. The van der Waals surface area contributed by atoms with E-state index in [-0.39, 0.29) is 17.2 Å². The van der Waals surface area contributed by atoms with Gasteiger partial charge in [0.25, 0.3) is 11.8 Å². The van der Waals surface area contributed by atoms with Crippen LogP contribution in [0.4, 0.5) is 0 Å². The van der Waals surface area contributed by atoms with Gasteiger partial charge < -0.3 is 4.57 Å². The van der Waals surface area contributed by atoms with Crippen molar-refractivity contribution in [3.8, 4) is 0 Å². The Kier molecular flexibility index (Phi) is 3.62. The Morgan fingerprint density at radius 3 is 2.79 bits per heavy atom. The molecule has 0 atom stereocenters. The second-order valence-corrected chi connectivity index (χ2v) is 4.45. The average molecular weight is 275 g/mol. The van der Waals surface area contributed by atoms with Crippen LogP contribution >= 0.6 is 12.2 Å². The molecule has 0 aliphatic carbocycles. The zero-order valence-electron chi connectivity index (χ0n) is 10.4. The van der Waals surface area contributed by atoms with Crippen molar-refractivity contribution in [3.63, 3.8) is 0 Å². The molecule has 0 spiro atoms. The van der Waals surface area contributed by atoms with Crippen molar-refractivity contribution in [1.82, 2.24) is 14.8 Å². The summed E-state index contributed by atoms with van der Waals surface area (Å²) >= 11 is 4.97. The third-order valence-electron chi connectivity index (χ3n) is 2.77. The van der Waals surface area contributed by atoms with Crippen molar-refractivity contribution in [1.29, 1.82) is 0 Å². The van der Waals surface area contributed by atoms with Crippen LogP contribution in [0, 0.1) is 0 Å². The molecule has 98 valence electrons. The van der Waals surface area contributed by atoms with E-state index in [0.29, 0.717) is 0 Å². The molecule has 1 saturated heterocycles. The van der Waals surface area contributed by atoms with Crippen LogP contribution in [-0.4, -0.2) is 32.9 Å². The molecule has 0 bridgehead atoms. The third kappa shape index (κ3) is 2.48. The van der Waals surface area contributed by atoms with Crippen LogP contribution in [0.5, 0.6) is 0 Å². The van der Waals surface area contributed by atoms with Gasteiger partial charge in [-0.1, -0.05) is 6.08 Å². The van der Waals surface area contributed by atoms with Crippen LogP contribution in [0.15, 0.2) is 36.6 Å². The molecule has 1 fully saturated rings. The predicted octanol–water partition coefficient (Wildman–Crippen LogP) is 0.838. The van der Waals surface area contributed by atoms with Crippen LogP contribution in [0.1, 0.15) is 5.69 Å². The first-order valence-corrected chi connectivity index (χ1v) is 6.06. The highest BCUT2D eigenvalue weighted by molar-refractivity contribution is 7.80. The monoisotopic (exact) mass is 275 g/mol. The zero-order valence-corrected chi connectivity index (χ0v) is 11.2. The maximum Gasteiger partial charge on any atom is 0.266 e. The van der Waals surface area contributed by atoms with Gasteiger partial charge in [0.1, 0.15) is 5.57 Å². The van der Waals surface area contributed by atoms with Gasteiger partial charge in [-0.25, -0.2) is 0 Å². The highest BCUT2D eigenvalue weighted by atomic mass is 32.1. The fourth-order valence-electron chi connectivity index (χ4n) is 1.76. The molecule has 1 aromatic heterocycles. The van der Waals surface area contributed by atoms with E-state index in [1.165, 1.54) is 4.90 Å². The topological polar surface area (TPSA) is 54.3 Å². The molecular weight excluding hydrogens is 262 g/mol. The van der Waals surface area contributed by atoms with Gasteiger partial charge in [0.2, 0.25) is 0 Å². The van der Waals surface area contributed by atoms with Crippen molar-refractivity contribution in [2.75, 3.05) is 6.54 Å². The van der Waals surface area contributed by atoms with Gasteiger partial charge in [-0.15, -0.1) is 6.58 Å². The van der Waals surface area contributed by atoms with E-state index in [1.807, 2.05) is 29.9 Å². The summed E-state index contributed by atoms with van der Waals surface area (Å²) in [6.45, 7) is 3.83. The summed E-state index contributed by atoms with van der Waals surface area (Å²) in [6, 6.07) is 3.65. The number of hydrogen-bond acceptors (Lipinski definition) is 3. The Morgan fingerprint density at radius 1 is 1.47 bits per heavy atom. The first kappa shape index (κ1) is 13.2. The smallest absolute Gasteiger partial charge is 0.266 e. The van der Waals surface area contributed by atoms with Gasteiger partial charge in [-0.3, -0.25) is 19.8 Å². The van der Waals surface area contributed by atoms with Crippen molar-refractivity contribution < 1.29 is 9.59 Å². The maximum absolute atomic E-state index is 12.2. The molecule has 1 aromatic rings. The molecule has 0 radical (unpaired) electrons. The normalized spacial score (nSPS) is 17.8. The lowest BCUT2D eigenvalue weighted by Crippen LogP contribution is -2.53. The van der Waals surface area contributed by atoms with E-state index >= 15 is 0 Å². The standard InChI is InChI=1S/C13H13N3O2S/c1-3-6-16-12(18)10(11(17)14-13(16)19)8-9-5-4-7-15(9)2/h3-5,7-8H,1,6H2,2H3,(H,14,17,19)/b10-8-. The van der Waals surface area contributed by atoms with Crippen molar-refractivity contribution >= 4 is 35.2 Å². The van der Waals surface area contributed by atoms with E-state index in [0.717, 1.165) is 5.69 Å². The van der Waals surface area contributed by atoms with Crippen LogP contribution in [0.2, 0.25) is 0 Å². The Labute approximate surface area is 116 Å². The second-order valence-electron chi connectivity index (χ2n) is 4.07. The summed E-state index contributed by atoms with van der Waals surface area (Å²) < 4.78 is 1.82. The molecule has 2 heterocycles. The summed E-state index contributed by atoms with van der Waals surface area (Å²) in [7, 11) is 1.84. The molecule has 6 heteroatoms. The quantitative estimate of drug-likeness (QED) is 0.385. The molecule has 2 rings (SSSR count). The molecular formula is C13H13N3O2S. The molecule has 19 heavy (non-hydrogen) atoms. The van der Waals surface area contributed by atoms with Crippen molar-refractivity contribution in [2.45, 2.75) is 0 Å². The highest BCUT2D eigenvalue weighted by Gasteiger charge is 2.32. The van der Waals surface area contributed by atoms with Gasteiger partial charge in [0.15, 0.2) is 5.11 Å². The largest absolute Gasteiger partial charge is 0.351 e. The SMILES string of the molecule is C=CCN1C(=O)/C(=C\c2cccn2C)C(=O)NC1=S. The summed E-state index contributed by atoms with van der Waals surface area (Å²) in [5, 5.41) is 2.61. The van der Waals surface area contributed by atoms with Crippen LogP contribution in [-0.2, 0) is 16.6 Å². The Bertz CT molecular complexity index is 601. The molecule has 1 aliphatic rings. The third-order valence-corrected chi connectivity index (χ3v) is 3.10. The lowest BCUT2D eigenvalue weighted by molar-refractivity contribution is -0.128. The highest BCUT2D eigenvalue weighted by Crippen LogP contribution is 2.14. The molecule has 2 amide bonds. The minimum absolute atomic E-state index is 0.0669. The number of thiocarbonyl (C=S) groups is 1. The minimum Gasteiger partial charge on any atom is -0.351 e. The molecule has 5 nitrogen and oxygen atoms in total. The van der Waals surface area contributed by atoms with Gasteiger partial charge in [-0.05, 0) is 30.4 Å². The molecule has 1 aliphatic heterocycles. The fourth-order valence-corrected chi connectivity index (χ4v) is 2.01. The Hall–Kier alpha value is -2.21. The van der Waals surface area contributed by atoms with Gasteiger partial charge in [0, 0.05) is 25.5 Å². The maximum atomic E-state index is 12.2. The molecule has 1 N–H and O–H groups in total. The number of carbonyl (C=O) groups excluding carboxylic acids is 2. The summed E-state index contributed by atoms with van der Waals surface area (Å²) in [6.07, 6.45) is 4.95. The van der Waals surface area contributed by atoms with Crippen molar-refractivity contribution in [2.24, 2.45) is 7.05 Å². The minimum atomic E-state index is -0.475. The van der Waals surface area contributed by atoms with E-state index in [9.17, 15) is 9.59 Å². The Morgan fingerprint density at radius 2 is 2.21 bits per heavy atom. The summed E-state index contributed by atoms with van der Waals surface area (Å²) in [4.78, 5) is 25.4. The molecule has 0 aromatic carbocycles. The lowest BCUT2D eigenvalue weighted by atomic mass is 10.1. The van der Waals surface area contributed by atoms with Crippen LogP contribution in [0.25, 0.3) is 6.08 Å². The van der Waals surface area contributed by atoms with Crippen molar-refractivity contribution in [3.05, 3.63) is 42.3 Å². The number of hydrogen-bond donors (Lipinski definition) is 1. The zero-order chi connectivity index (χ0) is 14.0. The van der Waals surface area contributed by atoms with E-state index in [4.69, 9.17) is 12.2 Å². The van der Waals surface area contributed by atoms with E-state index in [2.05, 4.69) is 11.9 Å². The number of nitrogens with one attached hydrogen (secondary N) is 1. The molecule has 0 saturated carbocycles. The number of amides is 2. The molecule has 0 unspecified atom stereocenters. The first-order valence-electron chi connectivity index (χ1n) is 5.65. The number of carbonyl (C=O) groups is 2. The number of nitrogens with zero attached hydrogens (tertiary/aromatic N) is 2.